The Morgan fingerprint density at radius 2 is 1.54 bits per heavy atom. The van der Waals surface area contributed by atoms with E-state index in [-0.39, 0.29) is 17.4 Å². The Hall–Kier alpha value is -4.26. The first-order valence-corrected chi connectivity index (χ1v) is 12.4. The summed E-state index contributed by atoms with van der Waals surface area (Å²) in [7, 11) is 0. The molecule has 0 radical (unpaired) electrons. The maximum atomic E-state index is 13.4. The predicted molar refractivity (Wildman–Crippen MR) is 142 cm³/mol. The molecule has 7 heteroatoms. The van der Waals surface area contributed by atoms with Crippen molar-refractivity contribution in [3.63, 3.8) is 0 Å². The lowest BCUT2D eigenvalue weighted by atomic mass is 9.95. The van der Waals surface area contributed by atoms with E-state index in [0.29, 0.717) is 47.3 Å². The Morgan fingerprint density at radius 1 is 0.892 bits per heavy atom. The molecule has 1 atom stereocenters. The summed E-state index contributed by atoms with van der Waals surface area (Å²) in [6.07, 6.45) is -0.00181. The van der Waals surface area contributed by atoms with E-state index in [2.05, 4.69) is 0 Å². The smallest absolute Gasteiger partial charge is 0.300 e. The minimum Gasteiger partial charge on any atom is -0.507 e. The number of ether oxygens (including phenoxy) is 3. The van der Waals surface area contributed by atoms with Crippen molar-refractivity contribution in [2.45, 2.75) is 39.8 Å². The van der Waals surface area contributed by atoms with Gasteiger partial charge in [-0.2, -0.15) is 0 Å². The van der Waals surface area contributed by atoms with Gasteiger partial charge in [0.25, 0.3) is 11.7 Å². The first-order valence-electron chi connectivity index (χ1n) is 12.4. The molecular weight excluding hydrogens is 470 g/mol. The van der Waals surface area contributed by atoms with Crippen molar-refractivity contribution in [2.75, 3.05) is 18.1 Å². The average molecular weight is 502 g/mol. The van der Waals surface area contributed by atoms with Gasteiger partial charge in [0.2, 0.25) is 0 Å². The Kier molecular flexibility index (Phi) is 7.82. The molecule has 1 fully saturated rings. The molecule has 1 aliphatic heterocycles. The van der Waals surface area contributed by atoms with Gasteiger partial charge in [-0.1, -0.05) is 30.3 Å². The summed E-state index contributed by atoms with van der Waals surface area (Å²) in [6.45, 7) is 8.37. The highest BCUT2D eigenvalue weighted by molar-refractivity contribution is 6.51. The molecule has 0 aliphatic carbocycles. The number of carbonyl (C=O) groups is 2. The van der Waals surface area contributed by atoms with Crippen molar-refractivity contribution >= 4 is 23.1 Å². The molecule has 1 aliphatic rings. The summed E-state index contributed by atoms with van der Waals surface area (Å²) in [5.74, 6) is -0.212. The topological polar surface area (TPSA) is 85.3 Å². The zero-order chi connectivity index (χ0) is 26.5. The molecule has 1 unspecified atom stereocenters. The number of hydrogen-bond donors (Lipinski definition) is 1. The Bertz CT molecular complexity index is 1300. The average Bonchev–Trinajstić information content (AvgIpc) is 3.15. The minimum atomic E-state index is -0.834. The van der Waals surface area contributed by atoms with Crippen LogP contribution in [0, 0.1) is 0 Å². The van der Waals surface area contributed by atoms with Crippen LogP contribution in [0.15, 0.2) is 78.4 Å². The Balaban J connectivity index is 1.87. The number of hydrogen-bond acceptors (Lipinski definition) is 6. The van der Waals surface area contributed by atoms with E-state index in [0.717, 1.165) is 0 Å². The number of Topliss-reactive ketones (excluding diaryl/α,β-unsaturated/α-hetero) is 1. The zero-order valence-corrected chi connectivity index (χ0v) is 21.4. The maximum Gasteiger partial charge on any atom is 0.300 e. The molecule has 1 N–H and O–H groups in total. The molecule has 4 rings (SSSR count). The van der Waals surface area contributed by atoms with Gasteiger partial charge in [0.1, 0.15) is 23.0 Å². The molecule has 7 nitrogen and oxygen atoms in total. The molecule has 1 saturated heterocycles. The molecule has 0 spiro atoms. The van der Waals surface area contributed by atoms with Crippen LogP contribution in [0.3, 0.4) is 0 Å². The normalized spacial score (nSPS) is 16.8. The summed E-state index contributed by atoms with van der Waals surface area (Å²) in [5, 5.41) is 11.5. The van der Waals surface area contributed by atoms with E-state index in [1.54, 1.807) is 42.5 Å². The number of anilines is 1. The third-order valence-corrected chi connectivity index (χ3v) is 5.87. The summed E-state index contributed by atoms with van der Waals surface area (Å²) < 4.78 is 17.1. The van der Waals surface area contributed by atoms with Crippen molar-refractivity contribution in [3.05, 3.63) is 89.5 Å². The van der Waals surface area contributed by atoms with Crippen LogP contribution in [0.5, 0.6) is 17.2 Å². The van der Waals surface area contributed by atoms with Crippen LogP contribution >= 0.6 is 0 Å². The molecular formula is C30H31NO6. The van der Waals surface area contributed by atoms with Gasteiger partial charge >= 0.3 is 0 Å². The fourth-order valence-corrected chi connectivity index (χ4v) is 4.38. The van der Waals surface area contributed by atoms with Gasteiger partial charge in [0, 0.05) is 11.8 Å². The van der Waals surface area contributed by atoms with Gasteiger partial charge in [-0.3, -0.25) is 14.5 Å². The molecule has 1 amide bonds. The van der Waals surface area contributed by atoms with Crippen LogP contribution in [0.1, 0.15) is 44.9 Å². The maximum absolute atomic E-state index is 13.4. The van der Waals surface area contributed by atoms with E-state index in [1.807, 2.05) is 58.0 Å². The summed E-state index contributed by atoms with van der Waals surface area (Å²) in [6, 6.07) is 20.3. The number of aliphatic hydroxyl groups excluding tert-OH is 1. The second-order valence-electron chi connectivity index (χ2n) is 8.76. The second kappa shape index (κ2) is 11.2. The van der Waals surface area contributed by atoms with Crippen LogP contribution in [0.25, 0.3) is 5.76 Å². The highest BCUT2D eigenvalue weighted by Crippen LogP contribution is 2.44. The third-order valence-electron chi connectivity index (χ3n) is 5.87. The van der Waals surface area contributed by atoms with Gasteiger partial charge < -0.3 is 19.3 Å². The minimum absolute atomic E-state index is 0.00181. The first kappa shape index (κ1) is 25.8. The number of nitrogens with zero attached hydrogens (tertiary/aromatic N) is 1. The van der Waals surface area contributed by atoms with Crippen molar-refractivity contribution < 1.29 is 28.9 Å². The Labute approximate surface area is 216 Å². The van der Waals surface area contributed by atoms with Crippen molar-refractivity contribution in [1.82, 2.24) is 0 Å². The molecule has 1 heterocycles. The summed E-state index contributed by atoms with van der Waals surface area (Å²) in [5.41, 5.74) is 1.51. The lowest BCUT2D eigenvalue weighted by Crippen LogP contribution is -2.29. The SMILES string of the molecule is CCOc1ccc(/C(O)=C2/C(=O)C(=O)N(c3ccc(OC(C)C)cc3)C2c2ccccc2)c(OCC)c1. The number of rotatable bonds is 9. The van der Waals surface area contributed by atoms with Crippen molar-refractivity contribution in [1.29, 1.82) is 0 Å². The van der Waals surface area contributed by atoms with Crippen LogP contribution in [-0.2, 0) is 9.59 Å². The monoisotopic (exact) mass is 501 g/mol. The molecule has 3 aromatic rings. The van der Waals surface area contributed by atoms with Crippen molar-refractivity contribution in [3.8, 4) is 17.2 Å². The molecule has 192 valence electrons. The second-order valence-corrected chi connectivity index (χ2v) is 8.76. The van der Waals surface area contributed by atoms with Crippen LogP contribution in [0.4, 0.5) is 5.69 Å². The molecule has 37 heavy (non-hydrogen) atoms. The molecule has 3 aromatic carbocycles. The molecule has 0 bridgehead atoms. The van der Waals surface area contributed by atoms with Crippen LogP contribution in [0.2, 0.25) is 0 Å². The number of aliphatic hydroxyl groups is 1. The molecule has 0 saturated carbocycles. The lowest BCUT2D eigenvalue weighted by molar-refractivity contribution is -0.132. The number of carbonyl (C=O) groups excluding carboxylic acids is 2. The number of ketones is 1. The van der Waals surface area contributed by atoms with Crippen molar-refractivity contribution in [2.24, 2.45) is 0 Å². The highest BCUT2D eigenvalue weighted by atomic mass is 16.5. The first-order chi connectivity index (χ1) is 17.8. The zero-order valence-electron chi connectivity index (χ0n) is 21.4. The lowest BCUT2D eigenvalue weighted by Gasteiger charge is -2.26. The summed E-state index contributed by atoms with van der Waals surface area (Å²) in [4.78, 5) is 28.3. The predicted octanol–water partition coefficient (Wildman–Crippen LogP) is 5.90. The van der Waals surface area contributed by atoms with E-state index in [4.69, 9.17) is 14.2 Å². The third kappa shape index (κ3) is 5.31. The molecule has 0 aromatic heterocycles. The van der Waals surface area contributed by atoms with E-state index in [9.17, 15) is 14.7 Å². The highest BCUT2D eigenvalue weighted by Gasteiger charge is 2.47. The fraction of sp³-hybridized carbons (Fsp3) is 0.267. The van der Waals surface area contributed by atoms with Gasteiger partial charge in [0.05, 0.1) is 36.5 Å². The van der Waals surface area contributed by atoms with Crippen LogP contribution in [-0.4, -0.2) is 36.1 Å². The van der Waals surface area contributed by atoms with E-state index >= 15 is 0 Å². The number of amides is 1. The van der Waals surface area contributed by atoms with E-state index in [1.165, 1.54) is 4.90 Å². The van der Waals surface area contributed by atoms with Gasteiger partial charge in [-0.05, 0) is 69.7 Å². The van der Waals surface area contributed by atoms with Crippen LogP contribution < -0.4 is 19.1 Å². The largest absolute Gasteiger partial charge is 0.507 e. The number of benzene rings is 3. The van der Waals surface area contributed by atoms with E-state index < -0.39 is 17.7 Å². The fourth-order valence-electron chi connectivity index (χ4n) is 4.38. The standard InChI is InChI=1S/C30H31NO6/c1-5-35-23-16-17-24(25(18-23)36-6-2)28(32)26-27(20-10-8-7-9-11-20)31(30(34)29(26)33)21-12-14-22(15-13-21)37-19(3)4/h7-19,27,32H,5-6H2,1-4H3/b28-26-. The van der Waals surface area contributed by atoms with Gasteiger partial charge in [-0.25, -0.2) is 0 Å². The van der Waals surface area contributed by atoms with Gasteiger partial charge in [-0.15, -0.1) is 0 Å². The Morgan fingerprint density at radius 3 is 2.16 bits per heavy atom. The summed E-state index contributed by atoms with van der Waals surface area (Å²) >= 11 is 0. The van der Waals surface area contributed by atoms with Gasteiger partial charge in [0.15, 0.2) is 0 Å². The quantitative estimate of drug-likeness (QED) is 0.223.